The van der Waals surface area contributed by atoms with Gasteiger partial charge in [-0.1, -0.05) is 36.4 Å². The van der Waals surface area contributed by atoms with Gasteiger partial charge in [0.15, 0.2) is 0 Å². The number of esters is 1. The number of anilines is 1. The molecule has 3 aromatic rings. The molecule has 1 unspecified atom stereocenters. The van der Waals surface area contributed by atoms with Crippen molar-refractivity contribution in [1.82, 2.24) is 5.32 Å². The summed E-state index contributed by atoms with van der Waals surface area (Å²) in [6, 6.07) is 18.9. The lowest BCUT2D eigenvalue weighted by molar-refractivity contribution is -0.119. The fourth-order valence-corrected chi connectivity index (χ4v) is 3.72. The quantitative estimate of drug-likeness (QED) is 0.591. The smallest absolute Gasteiger partial charge is 0.337 e. The summed E-state index contributed by atoms with van der Waals surface area (Å²) in [6.45, 7) is 2.01. The van der Waals surface area contributed by atoms with Gasteiger partial charge < -0.3 is 15.4 Å². The van der Waals surface area contributed by atoms with Crippen molar-refractivity contribution < 1.29 is 14.3 Å². The minimum atomic E-state index is -0.381. The number of carbonyl (C=O) groups is 2. The highest BCUT2D eigenvalue weighted by Crippen LogP contribution is 2.26. The molecule has 1 aromatic heterocycles. The first-order chi connectivity index (χ1) is 13.6. The Bertz CT molecular complexity index is 940. The van der Waals surface area contributed by atoms with E-state index in [9.17, 15) is 9.59 Å². The summed E-state index contributed by atoms with van der Waals surface area (Å²) in [7, 11) is 1.35. The summed E-state index contributed by atoms with van der Waals surface area (Å²) >= 11 is 1.61. The Balaban J connectivity index is 1.66. The number of rotatable bonds is 7. The third-order valence-electron chi connectivity index (χ3n) is 4.35. The van der Waals surface area contributed by atoms with Crippen LogP contribution < -0.4 is 10.6 Å². The lowest BCUT2D eigenvalue weighted by Gasteiger charge is -2.19. The molecule has 6 heteroatoms. The summed E-state index contributed by atoms with van der Waals surface area (Å²) in [5.74, 6) is -0.493. The maximum absolute atomic E-state index is 12.6. The Hall–Kier alpha value is -3.12. The number of methoxy groups -OCH3 is 1. The summed E-state index contributed by atoms with van der Waals surface area (Å²) in [5, 5.41) is 8.24. The average Bonchev–Trinajstić information content (AvgIpc) is 3.25. The van der Waals surface area contributed by atoms with Crippen molar-refractivity contribution in [2.45, 2.75) is 13.0 Å². The van der Waals surface area contributed by atoms with E-state index in [4.69, 9.17) is 4.74 Å². The van der Waals surface area contributed by atoms with Crippen LogP contribution in [0.5, 0.6) is 0 Å². The van der Waals surface area contributed by atoms with Gasteiger partial charge in [-0.05, 0) is 47.7 Å². The molecule has 1 heterocycles. The number of nitrogens with one attached hydrogen (secondary N) is 2. The highest BCUT2D eigenvalue weighted by molar-refractivity contribution is 7.10. The van der Waals surface area contributed by atoms with Crippen molar-refractivity contribution >= 4 is 28.9 Å². The molecule has 0 aliphatic rings. The minimum absolute atomic E-state index is 0.112. The summed E-state index contributed by atoms with van der Waals surface area (Å²) in [5.41, 5.74) is 3.19. The van der Waals surface area contributed by atoms with Crippen LogP contribution in [-0.4, -0.2) is 25.5 Å². The van der Waals surface area contributed by atoms with Gasteiger partial charge in [0.1, 0.15) is 0 Å². The molecule has 0 fully saturated rings. The van der Waals surface area contributed by atoms with Crippen LogP contribution in [0.15, 0.2) is 66.0 Å². The first kappa shape index (κ1) is 19.6. The van der Waals surface area contributed by atoms with Gasteiger partial charge in [-0.15, -0.1) is 11.3 Å². The SMILES string of the molecule is COC(=O)c1ccc(NCC(=O)NC(c2ccccc2)c2cccs2)c(C)c1. The molecule has 0 aliphatic heterocycles. The fourth-order valence-electron chi connectivity index (χ4n) is 2.91. The molecule has 3 rings (SSSR count). The van der Waals surface area contributed by atoms with Gasteiger partial charge in [-0.3, -0.25) is 4.79 Å². The zero-order valence-electron chi connectivity index (χ0n) is 15.8. The molecule has 0 aliphatic carbocycles. The van der Waals surface area contributed by atoms with Gasteiger partial charge in [-0.2, -0.15) is 0 Å². The van der Waals surface area contributed by atoms with Crippen molar-refractivity contribution in [3.63, 3.8) is 0 Å². The van der Waals surface area contributed by atoms with Crippen LogP contribution in [-0.2, 0) is 9.53 Å². The number of benzene rings is 2. The Kier molecular flexibility index (Phi) is 6.45. The zero-order chi connectivity index (χ0) is 19.9. The molecule has 2 N–H and O–H groups in total. The summed E-state index contributed by atoms with van der Waals surface area (Å²) < 4.78 is 4.73. The highest BCUT2D eigenvalue weighted by Gasteiger charge is 2.17. The number of hydrogen-bond acceptors (Lipinski definition) is 5. The van der Waals surface area contributed by atoms with Crippen molar-refractivity contribution in [2.24, 2.45) is 0 Å². The van der Waals surface area contributed by atoms with Crippen LogP contribution in [0.4, 0.5) is 5.69 Å². The third kappa shape index (κ3) is 4.78. The van der Waals surface area contributed by atoms with E-state index < -0.39 is 0 Å². The molecule has 0 radical (unpaired) electrons. The van der Waals surface area contributed by atoms with Gasteiger partial charge >= 0.3 is 5.97 Å². The van der Waals surface area contributed by atoms with Crippen LogP contribution in [0.25, 0.3) is 0 Å². The van der Waals surface area contributed by atoms with Crippen LogP contribution in [0.1, 0.15) is 32.4 Å². The maximum atomic E-state index is 12.6. The topological polar surface area (TPSA) is 67.4 Å². The van der Waals surface area contributed by atoms with Crippen LogP contribution >= 0.6 is 11.3 Å². The monoisotopic (exact) mass is 394 g/mol. The second-order valence-corrected chi connectivity index (χ2v) is 7.28. The standard InChI is InChI=1S/C22H22N2O3S/c1-15-13-17(22(26)27-2)10-11-18(15)23-14-20(25)24-21(19-9-6-12-28-19)16-7-4-3-5-8-16/h3-13,21,23H,14H2,1-2H3,(H,24,25). The molecule has 2 aromatic carbocycles. The van der Waals surface area contributed by atoms with Crippen molar-refractivity contribution in [2.75, 3.05) is 19.0 Å². The fraction of sp³-hybridized carbons (Fsp3) is 0.182. The number of amides is 1. The largest absolute Gasteiger partial charge is 0.465 e. The third-order valence-corrected chi connectivity index (χ3v) is 5.29. The van der Waals surface area contributed by atoms with Crippen molar-refractivity contribution in [3.05, 3.63) is 87.6 Å². The predicted molar refractivity (Wildman–Crippen MR) is 112 cm³/mol. The van der Waals surface area contributed by atoms with Gasteiger partial charge in [0.05, 0.1) is 25.3 Å². The molecular formula is C22H22N2O3S. The van der Waals surface area contributed by atoms with E-state index in [1.807, 2.05) is 54.8 Å². The Morgan fingerprint density at radius 1 is 1.07 bits per heavy atom. The zero-order valence-corrected chi connectivity index (χ0v) is 16.6. The van der Waals surface area contributed by atoms with Gasteiger partial charge in [-0.25, -0.2) is 4.79 Å². The molecular weight excluding hydrogens is 372 g/mol. The minimum Gasteiger partial charge on any atom is -0.465 e. The molecule has 1 atom stereocenters. The lowest BCUT2D eigenvalue weighted by Crippen LogP contribution is -2.33. The van der Waals surface area contributed by atoms with Crippen LogP contribution in [0, 0.1) is 6.92 Å². The number of carbonyl (C=O) groups excluding carboxylic acids is 2. The van der Waals surface area contributed by atoms with E-state index in [1.54, 1.807) is 29.5 Å². The number of ether oxygens (including phenoxy) is 1. The maximum Gasteiger partial charge on any atom is 0.337 e. The molecule has 0 spiro atoms. The molecule has 0 saturated carbocycles. The number of hydrogen-bond donors (Lipinski definition) is 2. The van der Waals surface area contributed by atoms with E-state index in [2.05, 4.69) is 10.6 Å². The molecule has 144 valence electrons. The van der Waals surface area contributed by atoms with Crippen molar-refractivity contribution in [3.8, 4) is 0 Å². The summed E-state index contributed by atoms with van der Waals surface area (Å²) in [4.78, 5) is 25.3. The normalized spacial score (nSPS) is 11.5. The Labute approximate surface area is 168 Å². The van der Waals surface area contributed by atoms with Crippen molar-refractivity contribution in [1.29, 1.82) is 0 Å². The first-order valence-electron chi connectivity index (χ1n) is 8.89. The van der Waals surface area contributed by atoms with Gasteiger partial charge in [0.2, 0.25) is 5.91 Å². The van der Waals surface area contributed by atoms with Crippen LogP contribution in [0.3, 0.4) is 0 Å². The Morgan fingerprint density at radius 3 is 2.50 bits per heavy atom. The van der Waals surface area contributed by atoms with E-state index >= 15 is 0 Å². The number of aryl methyl sites for hydroxylation is 1. The molecule has 5 nitrogen and oxygen atoms in total. The summed E-state index contributed by atoms with van der Waals surface area (Å²) in [6.07, 6.45) is 0. The van der Waals surface area contributed by atoms with Gasteiger partial charge in [0, 0.05) is 10.6 Å². The highest BCUT2D eigenvalue weighted by atomic mass is 32.1. The predicted octanol–water partition coefficient (Wildman–Crippen LogP) is 4.16. The first-order valence-corrected chi connectivity index (χ1v) is 9.77. The Morgan fingerprint density at radius 2 is 1.86 bits per heavy atom. The van der Waals surface area contributed by atoms with Crippen LogP contribution in [0.2, 0.25) is 0 Å². The van der Waals surface area contributed by atoms with E-state index in [1.165, 1.54) is 7.11 Å². The molecule has 0 saturated heterocycles. The molecule has 1 amide bonds. The van der Waals surface area contributed by atoms with E-state index in [0.29, 0.717) is 5.56 Å². The van der Waals surface area contributed by atoms with E-state index in [-0.39, 0.29) is 24.5 Å². The molecule has 28 heavy (non-hydrogen) atoms. The molecule has 0 bridgehead atoms. The number of thiophene rings is 1. The lowest BCUT2D eigenvalue weighted by atomic mass is 10.1. The average molecular weight is 394 g/mol. The van der Waals surface area contributed by atoms with E-state index in [0.717, 1.165) is 21.7 Å². The second kappa shape index (κ2) is 9.19. The van der Waals surface area contributed by atoms with Gasteiger partial charge in [0.25, 0.3) is 0 Å². The second-order valence-electron chi connectivity index (χ2n) is 6.30.